The van der Waals surface area contributed by atoms with Gasteiger partial charge in [-0.3, -0.25) is 4.99 Å². The summed E-state index contributed by atoms with van der Waals surface area (Å²) in [4.78, 5) is 7.82. The molecular weight excluding hydrogens is 260 g/mol. The highest BCUT2D eigenvalue weighted by Crippen LogP contribution is 2.18. The standard InChI is InChI=1S/C17H22N4/c1-3-11-19-17(18-4-2)20-12-7-8-14-13-21-16-10-6-5-9-15(14)16/h1,5-6,9-10,13,21H,4,7-8,11-12H2,2H3,(H2,18,19,20). The number of hydrogen-bond acceptors (Lipinski definition) is 1. The zero-order valence-electron chi connectivity index (χ0n) is 12.4. The Morgan fingerprint density at radius 2 is 2.19 bits per heavy atom. The van der Waals surface area contributed by atoms with Gasteiger partial charge in [0.2, 0.25) is 0 Å². The van der Waals surface area contributed by atoms with Crippen LogP contribution in [-0.2, 0) is 6.42 Å². The molecule has 2 rings (SSSR count). The van der Waals surface area contributed by atoms with Crippen LogP contribution >= 0.6 is 0 Å². The first-order valence-electron chi connectivity index (χ1n) is 7.35. The van der Waals surface area contributed by atoms with Crippen LogP contribution in [0.2, 0.25) is 0 Å². The second-order valence-corrected chi connectivity index (χ2v) is 4.78. The highest BCUT2D eigenvalue weighted by atomic mass is 15.2. The average molecular weight is 282 g/mol. The Morgan fingerprint density at radius 1 is 1.33 bits per heavy atom. The van der Waals surface area contributed by atoms with Gasteiger partial charge in [0.1, 0.15) is 0 Å². The van der Waals surface area contributed by atoms with Gasteiger partial charge in [-0.25, -0.2) is 0 Å². The summed E-state index contributed by atoms with van der Waals surface area (Å²) < 4.78 is 0. The van der Waals surface area contributed by atoms with Crippen LogP contribution in [0.1, 0.15) is 18.9 Å². The number of guanidine groups is 1. The molecule has 0 aliphatic carbocycles. The largest absolute Gasteiger partial charge is 0.361 e. The summed E-state index contributed by atoms with van der Waals surface area (Å²) in [5, 5.41) is 7.57. The monoisotopic (exact) mass is 282 g/mol. The number of aliphatic imine (C=N–C) groups is 1. The molecule has 1 heterocycles. The van der Waals surface area contributed by atoms with E-state index in [-0.39, 0.29) is 0 Å². The SMILES string of the molecule is C#CCNC(=NCCCc1c[nH]c2ccccc12)NCC. The van der Waals surface area contributed by atoms with Crippen molar-refractivity contribution in [3.63, 3.8) is 0 Å². The van der Waals surface area contributed by atoms with E-state index in [4.69, 9.17) is 6.42 Å². The summed E-state index contributed by atoms with van der Waals surface area (Å²) in [7, 11) is 0. The number of aryl methyl sites for hydroxylation is 1. The molecule has 1 aromatic carbocycles. The van der Waals surface area contributed by atoms with E-state index in [1.807, 2.05) is 13.0 Å². The summed E-state index contributed by atoms with van der Waals surface area (Å²) in [5.74, 6) is 3.34. The second-order valence-electron chi connectivity index (χ2n) is 4.78. The lowest BCUT2D eigenvalue weighted by molar-refractivity contribution is 0.806. The zero-order valence-corrected chi connectivity index (χ0v) is 12.4. The number of rotatable bonds is 6. The van der Waals surface area contributed by atoms with Crippen molar-refractivity contribution in [3.05, 3.63) is 36.0 Å². The van der Waals surface area contributed by atoms with Gasteiger partial charge < -0.3 is 15.6 Å². The Balaban J connectivity index is 1.87. The van der Waals surface area contributed by atoms with Crippen LogP contribution in [0.3, 0.4) is 0 Å². The molecule has 0 atom stereocenters. The Kier molecular flexibility index (Phi) is 5.71. The molecule has 110 valence electrons. The van der Waals surface area contributed by atoms with Gasteiger partial charge in [0.25, 0.3) is 0 Å². The van der Waals surface area contributed by atoms with Gasteiger partial charge >= 0.3 is 0 Å². The van der Waals surface area contributed by atoms with Crippen LogP contribution in [-0.4, -0.2) is 30.6 Å². The third-order valence-electron chi connectivity index (χ3n) is 3.25. The van der Waals surface area contributed by atoms with E-state index < -0.39 is 0 Å². The number of benzene rings is 1. The maximum absolute atomic E-state index is 5.25. The number of aromatic nitrogens is 1. The molecule has 4 heteroatoms. The van der Waals surface area contributed by atoms with Crippen LogP contribution < -0.4 is 10.6 Å². The molecule has 0 radical (unpaired) electrons. The third-order valence-corrected chi connectivity index (χ3v) is 3.25. The molecule has 0 unspecified atom stereocenters. The lowest BCUT2D eigenvalue weighted by atomic mass is 10.1. The van der Waals surface area contributed by atoms with Crippen molar-refractivity contribution in [3.8, 4) is 12.3 Å². The van der Waals surface area contributed by atoms with E-state index in [0.717, 1.165) is 31.9 Å². The van der Waals surface area contributed by atoms with E-state index >= 15 is 0 Å². The van der Waals surface area contributed by atoms with E-state index in [9.17, 15) is 0 Å². The first-order valence-corrected chi connectivity index (χ1v) is 7.35. The minimum absolute atomic E-state index is 0.494. The van der Waals surface area contributed by atoms with E-state index in [1.165, 1.54) is 16.5 Å². The highest BCUT2D eigenvalue weighted by molar-refractivity contribution is 5.83. The Morgan fingerprint density at radius 3 is 3.00 bits per heavy atom. The second kappa shape index (κ2) is 8.01. The van der Waals surface area contributed by atoms with Crippen LogP contribution in [0.15, 0.2) is 35.5 Å². The number of H-pyrrole nitrogens is 1. The smallest absolute Gasteiger partial charge is 0.192 e. The first kappa shape index (κ1) is 15.0. The molecule has 0 saturated heterocycles. The predicted octanol–water partition coefficient (Wildman–Crippen LogP) is 2.29. The van der Waals surface area contributed by atoms with Gasteiger partial charge in [-0.2, -0.15) is 0 Å². The lowest BCUT2D eigenvalue weighted by Crippen LogP contribution is -2.37. The van der Waals surface area contributed by atoms with E-state index in [0.29, 0.717) is 6.54 Å². The number of hydrogen-bond donors (Lipinski definition) is 3. The van der Waals surface area contributed by atoms with Crippen molar-refractivity contribution in [1.29, 1.82) is 0 Å². The molecule has 0 bridgehead atoms. The van der Waals surface area contributed by atoms with Gasteiger partial charge in [-0.15, -0.1) is 6.42 Å². The molecule has 2 aromatic rings. The molecule has 4 nitrogen and oxygen atoms in total. The summed E-state index contributed by atoms with van der Waals surface area (Å²) in [5.41, 5.74) is 2.54. The van der Waals surface area contributed by atoms with Crippen molar-refractivity contribution in [1.82, 2.24) is 15.6 Å². The summed E-state index contributed by atoms with van der Waals surface area (Å²) >= 11 is 0. The van der Waals surface area contributed by atoms with Crippen molar-refractivity contribution < 1.29 is 0 Å². The fourth-order valence-electron chi connectivity index (χ4n) is 2.28. The number of terminal acetylenes is 1. The predicted molar refractivity (Wildman–Crippen MR) is 89.4 cm³/mol. The zero-order chi connectivity index (χ0) is 14.9. The van der Waals surface area contributed by atoms with Gasteiger partial charge in [-0.1, -0.05) is 24.1 Å². The minimum Gasteiger partial charge on any atom is -0.361 e. The molecule has 0 amide bonds. The van der Waals surface area contributed by atoms with Crippen LogP contribution in [0.25, 0.3) is 10.9 Å². The number of aromatic amines is 1. The number of para-hydroxylation sites is 1. The van der Waals surface area contributed by atoms with Crippen LogP contribution in [0.5, 0.6) is 0 Å². The van der Waals surface area contributed by atoms with Gasteiger partial charge in [0.05, 0.1) is 6.54 Å². The molecular formula is C17H22N4. The molecule has 3 N–H and O–H groups in total. The topological polar surface area (TPSA) is 52.2 Å². The van der Waals surface area contributed by atoms with Gasteiger partial charge in [0.15, 0.2) is 5.96 Å². The normalized spacial score (nSPS) is 11.3. The number of nitrogens with one attached hydrogen (secondary N) is 3. The summed E-state index contributed by atoms with van der Waals surface area (Å²) in [6.45, 7) is 4.14. The van der Waals surface area contributed by atoms with Crippen molar-refractivity contribution in [2.45, 2.75) is 19.8 Å². The van der Waals surface area contributed by atoms with Crippen LogP contribution in [0.4, 0.5) is 0 Å². The number of fused-ring (bicyclic) bond motifs is 1. The molecule has 0 saturated carbocycles. The third kappa shape index (κ3) is 4.28. The van der Waals surface area contributed by atoms with Crippen molar-refractivity contribution in [2.75, 3.05) is 19.6 Å². The molecule has 0 spiro atoms. The molecule has 21 heavy (non-hydrogen) atoms. The van der Waals surface area contributed by atoms with Crippen molar-refractivity contribution in [2.24, 2.45) is 4.99 Å². The Labute approximate surface area is 126 Å². The van der Waals surface area contributed by atoms with E-state index in [1.54, 1.807) is 0 Å². The fourth-order valence-corrected chi connectivity index (χ4v) is 2.28. The van der Waals surface area contributed by atoms with Gasteiger partial charge in [0, 0.05) is 30.2 Å². The molecule has 0 fully saturated rings. The highest BCUT2D eigenvalue weighted by Gasteiger charge is 2.02. The Hall–Kier alpha value is -2.41. The maximum Gasteiger partial charge on any atom is 0.192 e. The first-order chi connectivity index (χ1) is 10.3. The quantitative estimate of drug-likeness (QED) is 0.329. The molecule has 0 aliphatic rings. The maximum atomic E-state index is 5.25. The Bertz CT molecular complexity index is 634. The molecule has 1 aromatic heterocycles. The fraction of sp³-hybridized carbons (Fsp3) is 0.353. The van der Waals surface area contributed by atoms with Gasteiger partial charge in [-0.05, 0) is 31.4 Å². The molecule has 0 aliphatic heterocycles. The average Bonchev–Trinajstić information content (AvgIpc) is 2.92. The summed E-state index contributed by atoms with van der Waals surface area (Å²) in [6.07, 6.45) is 9.36. The van der Waals surface area contributed by atoms with Crippen LogP contribution in [0, 0.1) is 12.3 Å². The minimum atomic E-state index is 0.494. The lowest BCUT2D eigenvalue weighted by Gasteiger charge is -2.08. The summed E-state index contributed by atoms with van der Waals surface area (Å²) in [6, 6.07) is 8.38. The number of nitrogens with zero attached hydrogens (tertiary/aromatic N) is 1. The van der Waals surface area contributed by atoms with E-state index in [2.05, 4.69) is 50.9 Å². The van der Waals surface area contributed by atoms with Crippen molar-refractivity contribution >= 4 is 16.9 Å².